The number of aryl methyl sites for hydroxylation is 2. The molecule has 0 bridgehead atoms. The first kappa shape index (κ1) is 52.0. The number of cyclic esters (lactones) is 1. The number of unbranched alkanes of at least 4 members (excludes halogenated alkanes) is 1. The van der Waals surface area contributed by atoms with Crippen molar-refractivity contribution in [2.45, 2.75) is 160 Å². The van der Waals surface area contributed by atoms with Gasteiger partial charge in [0.2, 0.25) is 0 Å². The van der Waals surface area contributed by atoms with E-state index in [-0.39, 0.29) is 24.3 Å². The number of benzene rings is 1. The largest absolute Gasteiger partial charge is 0.462 e. The SMILES string of the molecule is CO[C@]1(C)C[C@@H](C)/C(=N\O[C@@H]2CCCNC2)[C@H](C)[C@@H](O)[C@](C)(O)COC(=O)[C@H](C)C(=O)[C@H](C)[C@H]1O[C@@H]1O[C@H](C)C[C@H](N(C)CCc2cn(CCCCc3ccc([N+](=O)[O-])cc3)nn2)[C@H]1O. The molecule has 19 nitrogen and oxygen atoms in total. The summed E-state index contributed by atoms with van der Waals surface area (Å²) in [5, 5.41) is 62.6. The highest BCUT2D eigenvalue weighted by Crippen LogP contribution is 2.38. The number of esters is 1. The zero-order valence-electron chi connectivity index (χ0n) is 39.6. The van der Waals surface area contributed by atoms with E-state index in [1.807, 2.05) is 43.6 Å². The molecular formula is C46H73N7O12. The molecule has 1 aromatic heterocycles. The Labute approximate surface area is 382 Å². The number of aliphatic hydroxyl groups is 3. The van der Waals surface area contributed by atoms with Gasteiger partial charge in [-0.25, -0.2) is 0 Å². The van der Waals surface area contributed by atoms with E-state index in [2.05, 4.69) is 20.8 Å². The van der Waals surface area contributed by atoms with Gasteiger partial charge in [0, 0.05) is 75.3 Å². The molecular weight excluding hydrogens is 843 g/mol. The van der Waals surface area contributed by atoms with Crippen molar-refractivity contribution in [1.82, 2.24) is 25.2 Å². The van der Waals surface area contributed by atoms with Crippen molar-refractivity contribution >= 4 is 23.2 Å². The number of nitrogens with zero attached hydrogens (tertiary/aromatic N) is 6. The molecule has 0 radical (unpaired) electrons. The molecule has 4 heterocycles. The van der Waals surface area contributed by atoms with Crippen molar-refractivity contribution in [2.75, 3.05) is 40.4 Å². The van der Waals surface area contributed by atoms with Crippen molar-refractivity contribution in [1.29, 1.82) is 0 Å². The monoisotopic (exact) mass is 916 g/mol. The zero-order valence-corrected chi connectivity index (χ0v) is 39.6. The summed E-state index contributed by atoms with van der Waals surface area (Å²) < 4.78 is 26.7. The second kappa shape index (κ2) is 23.2. The molecule has 19 heteroatoms. The van der Waals surface area contributed by atoms with Crippen molar-refractivity contribution < 1.29 is 53.6 Å². The maximum atomic E-state index is 14.2. The van der Waals surface area contributed by atoms with Gasteiger partial charge in [-0.2, -0.15) is 0 Å². The van der Waals surface area contributed by atoms with Crippen LogP contribution in [-0.4, -0.2) is 152 Å². The number of ether oxygens (including phenoxy) is 4. The van der Waals surface area contributed by atoms with Crippen LogP contribution in [0.2, 0.25) is 0 Å². The molecule has 3 fully saturated rings. The molecule has 13 atom stereocenters. The van der Waals surface area contributed by atoms with Gasteiger partial charge in [0.25, 0.3) is 5.69 Å². The Morgan fingerprint density at radius 2 is 1.80 bits per heavy atom. The van der Waals surface area contributed by atoms with Crippen molar-refractivity contribution in [3.05, 3.63) is 51.8 Å². The number of Topliss-reactive ketones (excluding diaryl/α,β-unsaturated/α-hetero) is 1. The summed E-state index contributed by atoms with van der Waals surface area (Å²) in [6, 6.07) is 6.22. The van der Waals surface area contributed by atoms with Crippen LogP contribution >= 0.6 is 0 Å². The third-order valence-electron chi connectivity index (χ3n) is 13.6. The molecule has 4 N–H and O–H groups in total. The lowest BCUT2D eigenvalue weighted by Crippen LogP contribution is -2.60. The summed E-state index contributed by atoms with van der Waals surface area (Å²) in [6.07, 6.45) is 2.09. The van der Waals surface area contributed by atoms with E-state index in [9.17, 15) is 35.0 Å². The molecule has 3 saturated heterocycles. The molecule has 65 heavy (non-hydrogen) atoms. The van der Waals surface area contributed by atoms with Crippen LogP contribution in [-0.2, 0) is 52.8 Å². The van der Waals surface area contributed by atoms with E-state index in [1.165, 1.54) is 33.1 Å². The first-order chi connectivity index (χ1) is 30.7. The van der Waals surface area contributed by atoms with E-state index in [0.29, 0.717) is 38.2 Å². The van der Waals surface area contributed by atoms with Gasteiger partial charge in [-0.3, -0.25) is 24.4 Å². The lowest BCUT2D eigenvalue weighted by molar-refractivity contribution is -0.384. The van der Waals surface area contributed by atoms with E-state index in [4.69, 9.17) is 23.8 Å². The minimum absolute atomic E-state index is 0.0774. The number of ketones is 1. The lowest BCUT2D eigenvalue weighted by Gasteiger charge is -2.47. The number of oxime groups is 1. The van der Waals surface area contributed by atoms with Gasteiger partial charge >= 0.3 is 5.97 Å². The van der Waals surface area contributed by atoms with Crippen LogP contribution in [0.1, 0.15) is 98.2 Å². The van der Waals surface area contributed by atoms with Crippen LogP contribution in [0.4, 0.5) is 5.69 Å². The predicted octanol–water partition coefficient (Wildman–Crippen LogP) is 3.64. The summed E-state index contributed by atoms with van der Waals surface area (Å²) in [4.78, 5) is 46.3. The zero-order chi connectivity index (χ0) is 47.6. The molecule has 0 saturated carbocycles. The fourth-order valence-corrected chi connectivity index (χ4v) is 9.40. The number of nitrogens with one attached hydrogen (secondary N) is 1. The van der Waals surface area contributed by atoms with Crippen LogP contribution in [0.25, 0.3) is 0 Å². The number of non-ortho nitro benzene ring substituents is 1. The minimum atomic E-state index is -1.88. The van der Waals surface area contributed by atoms with E-state index < -0.39 is 88.8 Å². The lowest BCUT2D eigenvalue weighted by atomic mass is 9.75. The van der Waals surface area contributed by atoms with Crippen LogP contribution in [0, 0.1) is 33.8 Å². The summed E-state index contributed by atoms with van der Waals surface area (Å²) in [5.74, 6) is -4.80. The van der Waals surface area contributed by atoms with E-state index in [1.54, 1.807) is 26.0 Å². The maximum Gasteiger partial charge on any atom is 0.316 e. The summed E-state index contributed by atoms with van der Waals surface area (Å²) in [6.45, 7) is 14.0. The molecule has 5 rings (SSSR count). The average Bonchev–Trinajstić information content (AvgIpc) is 3.75. The molecule has 3 aliphatic heterocycles. The molecule has 0 aliphatic carbocycles. The number of carbonyl (C=O) groups is 2. The number of likely N-dealkylation sites (N-methyl/N-ethyl adjacent to an activating group) is 1. The molecule has 3 aliphatic rings. The van der Waals surface area contributed by atoms with Crippen LogP contribution in [0.15, 0.2) is 35.6 Å². The van der Waals surface area contributed by atoms with Crippen LogP contribution < -0.4 is 5.32 Å². The molecule has 0 unspecified atom stereocenters. The van der Waals surface area contributed by atoms with Crippen LogP contribution in [0.5, 0.6) is 0 Å². The number of aromatic nitrogens is 3. The number of hydrogen-bond acceptors (Lipinski definition) is 17. The van der Waals surface area contributed by atoms with Gasteiger partial charge in [-0.15, -0.1) is 5.10 Å². The molecule has 364 valence electrons. The third-order valence-corrected chi connectivity index (χ3v) is 13.6. The van der Waals surface area contributed by atoms with E-state index in [0.717, 1.165) is 49.9 Å². The van der Waals surface area contributed by atoms with Gasteiger partial charge in [-0.05, 0) is 91.8 Å². The van der Waals surface area contributed by atoms with Gasteiger partial charge in [-0.1, -0.05) is 43.3 Å². The Bertz CT molecular complexity index is 1890. The van der Waals surface area contributed by atoms with E-state index >= 15 is 0 Å². The first-order valence-electron chi connectivity index (χ1n) is 23.2. The Morgan fingerprint density at radius 3 is 2.46 bits per heavy atom. The quantitative estimate of drug-likeness (QED) is 0.0656. The van der Waals surface area contributed by atoms with Crippen molar-refractivity contribution in [2.24, 2.45) is 28.8 Å². The number of carbonyl (C=O) groups excluding carboxylic acids is 2. The third kappa shape index (κ3) is 13.6. The second-order valence-electron chi connectivity index (χ2n) is 19.1. The highest BCUT2D eigenvalue weighted by Gasteiger charge is 2.50. The average molecular weight is 916 g/mol. The van der Waals surface area contributed by atoms with Gasteiger partial charge in [0.15, 0.2) is 12.1 Å². The first-order valence-corrected chi connectivity index (χ1v) is 23.2. The molecule has 0 spiro atoms. The topological polar surface area (TPSA) is 242 Å². The van der Waals surface area contributed by atoms with Gasteiger partial charge in [0.05, 0.1) is 40.2 Å². The molecule has 1 aromatic carbocycles. The number of nitro groups is 1. The fraction of sp³-hybridized carbons (Fsp3) is 0.761. The number of methoxy groups -OCH3 is 1. The molecule has 0 amide bonds. The van der Waals surface area contributed by atoms with Crippen molar-refractivity contribution in [3.8, 4) is 0 Å². The Hall–Kier alpha value is -3.95. The Morgan fingerprint density at radius 1 is 1.08 bits per heavy atom. The minimum Gasteiger partial charge on any atom is -0.462 e. The Kier molecular flexibility index (Phi) is 18.6. The summed E-state index contributed by atoms with van der Waals surface area (Å²) in [5.41, 5.74) is -0.776. The van der Waals surface area contributed by atoms with Gasteiger partial charge < -0.3 is 49.3 Å². The summed E-state index contributed by atoms with van der Waals surface area (Å²) in [7, 11) is 3.44. The highest BCUT2D eigenvalue weighted by atomic mass is 16.7. The second-order valence-corrected chi connectivity index (χ2v) is 19.1. The predicted molar refractivity (Wildman–Crippen MR) is 240 cm³/mol. The smallest absolute Gasteiger partial charge is 0.316 e. The number of rotatable bonds is 15. The highest BCUT2D eigenvalue weighted by molar-refractivity contribution is 6.00. The van der Waals surface area contributed by atoms with Crippen molar-refractivity contribution in [3.63, 3.8) is 0 Å². The normalized spacial score (nSPS) is 35.2. The Balaban J connectivity index is 1.30. The number of piperidine rings is 1. The number of hydrogen-bond donors (Lipinski definition) is 4. The van der Waals surface area contributed by atoms with Gasteiger partial charge in [0.1, 0.15) is 30.3 Å². The molecule has 2 aromatic rings. The fourth-order valence-electron chi connectivity index (χ4n) is 9.40. The standard InChI is InChI=1S/C46H73N7O12/c1-28-24-46(7,61-9)42(31(4)39(54)32(5)43(57)62-27-45(6,58)41(56)30(3)38(28)49-65-36-14-12-20-47-25-36)64-44-40(55)37(23-29(2)63-44)51(8)22-19-34-26-52(50-48-34)21-11-10-13-33-15-17-35(18-16-33)53(59)60/h15-18,26,28-32,36-37,40-42,44,47,55-56,58H,10-14,19-25,27H2,1-9H3/b49-38+/t28-,29-,30+,31+,32-,36-,37+,40-,41-,42-,44+,45-,46-/m1/s1. The van der Waals surface area contributed by atoms with Crippen LogP contribution in [0.3, 0.4) is 0 Å². The number of aliphatic hydroxyl groups excluding tert-OH is 2. The summed E-state index contributed by atoms with van der Waals surface area (Å²) >= 11 is 0. The number of nitro benzene ring substituents is 1. The maximum absolute atomic E-state index is 14.2.